The van der Waals surface area contributed by atoms with E-state index < -0.39 is 0 Å². The molecule has 110 valence electrons. The lowest BCUT2D eigenvalue weighted by atomic mass is 10.1. The van der Waals surface area contributed by atoms with Crippen LogP contribution in [-0.4, -0.2) is 43.9 Å². The van der Waals surface area contributed by atoms with Crippen LogP contribution < -0.4 is 10.7 Å². The molecule has 2 N–H and O–H groups in total. The van der Waals surface area contributed by atoms with Crippen molar-refractivity contribution in [2.45, 2.75) is 26.2 Å². The van der Waals surface area contributed by atoms with Crippen LogP contribution in [0.2, 0.25) is 0 Å². The third-order valence-corrected chi connectivity index (χ3v) is 3.94. The van der Waals surface area contributed by atoms with E-state index in [4.69, 9.17) is 0 Å². The number of rotatable bonds is 4. The predicted octanol–water partition coefficient (Wildman–Crippen LogP) is -0.581. The standard InChI is InChI=1S/C11H13N7O2S/c1-6-13-16-11-18(6)17-9(21-11)4-5-12-10(20)7-2-3-8(19)15-14-7/h2-5H2,1H3,(H,12,20)(H,15,19). The van der Waals surface area contributed by atoms with Crippen LogP contribution in [0, 0.1) is 6.92 Å². The number of nitrogens with one attached hydrogen (secondary N) is 2. The van der Waals surface area contributed by atoms with E-state index >= 15 is 0 Å². The van der Waals surface area contributed by atoms with Gasteiger partial charge < -0.3 is 5.32 Å². The molecule has 0 spiro atoms. The van der Waals surface area contributed by atoms with Gasteiger partial charge in [-0.3, -0.25) is 9.59 Å². The van der Waals surface area contributed by atoms with E-state index in [2.05, 4.69) is 31.1 Å². The molecule has 0 aliphatic carbocycles. The third kappa shape index (κ3) is 2.89. The molecule has 0 radical (unpaired) electrons. The molecule has 0 fully saturated rings. The Bertz CT molecular complexity index is 732. The number of amides is 2. The SMILES string of the molecule is Cc1nnc2sc(CCNC(=O)C3=NNC(=O)CC3)nn12. The number of carbonyl (C=O) groups is 2. The normalized spacial score (nSPS) is 14.9. The zero-order valence-corrected chi connectivity index (χ0v) is 12.1. The van der Waals surface area contributed by atoms with Gasteiger partial charge in [0.1, 0.15) is 10.7 Å². The van der Waals surface area contributed by atoms with Crippen molar-refractivity contribution in [1.29, 1.82) is 0 Å². The maximum absolute atomic E-state index is 11.8. The number of hydrogen-bond acceptors (Lipinski definition) is 7. The Kier molecular flexibility index (Phi) is 3.60. The second-order valence-corrected chi connectivity index (χ2v) is 5.58. The molecule has 1 aliphatic rings. The summed E-state index contributed by atoms with van der Waals surface area (Å²) in [5.74, 6) is 0.319. The summed E-state index contributed by atoms with van der Waals surface area (Å²) in [5.41, 5.74) is 2.65. The minimum Gasteiger partial charge on any atom is -0.351 e. The number of carbonyl (C=O) groups excluding carboxylic acids is 2. The highest BCUT2D eigenvalue weighted by Gasteiger charge is 2.18. The highest BCUT2D eigenvalue weighted by Crippen LogP contribution is 2.13. The molecule has 0 saturated carbocycles. The van der Waals surface area contributed by atoms with Crippen LogP contribution >= 0.6 is 11.3 Å². The summed E-state index contributed by atoms with van der Waals surface area (Å²) in [5, 5.41) is 19.6. The van der Waals surface area contributed by atoms with Crippen molar-refractivity contribution < 1.29 is 9.59 Å². The Hall–Kier alpha value is -2.36. The van der Waals surface area contributed by atoms with Crippen LogP contribution in [0.5, 0.6) is 0 Å². The fourth-order valence-corrected chi connectivity index (χ4v) is 2.76. The summed E-state index contributed by atoms with van der Waals surface area (Å²) >= 11 is 1.45. The summed E-state index contributed by atoms with van der Waals surface area (Å²) < 4.78 is 1.68. The fraction of sp³-hybridized carbons (Fsp3) is 0.455. The third-order valence-electron chi connectivity index (χ3n) is 2.98. The maximum Gasteiger partial charge on any atom is 0.267 e. The molecule has 10 heteroatoms. The van der Waals surface area contributed by atoms with Gasteiger partial charge >= 0.3 is 0 Å². The molecule has 0 atom stereocenters. The van der Waals surface area contributed by atoms with E-state index in [-0.39, 0.29) is 11.8 Å². The van der Waals surface area contributed by atoms with E-state index in [0.717, 1.165) is 15.8 Å². The Morgan fingerprint density at radius 1 is 1.43 bits per heavy atom. The summed E-state index contributed by atoms with van der Waals surface area (Å²) in [4.78, 5) is 23.5. The number of aryl methyl sites for hydroxylation is 1. The molecule has 0 bridgehead atoms. The molecule has 1 aliphatic heterocycles. The van der Waals surface area contributed by atoms with Crippen LogP contribution in [0.4, 0.5) is 0 Å². The first-order valence-electron chi connectivity index (χ1n) is 6.45. The van der Waals surface area contributed by atoms with Gasteiger partial charge in [0.25, 0.3) is 5.91 Å². The smallest absolute Gasteiger partial charge is 0.267 e. The minimum absolute atomic E-state index is 0.165. The zero-order valence-electron chi connectivity index (χ0n) is 11.3. The first-order valence-corrected chi connectivity index (χ1v) is 7.26. The van der Waals surface area contributed by atoms with Crippen molar-refractivity contribution in [3.05, 3.63) is 10.8 Å². The van der Waals surface area contributed by atoms with Crippen molar-refractivity contribution in [2.75, 3.05) is 6.54 Å². The highest BCUT2D eigenvalue weighted by atomic mass is 32.1. The van der Waals surface area contributed by atoms with Gasteiger partial charge in [-0.25, -0.2) is 5.43 Å². The molecular weight excluding hydrogens is 294 g/mol. The van der Waals surface area contributed by atoms with Gasteiger partial charge in [-0.1, -0.05) is 11.3 Å². The molecule has 0 aromatic carbocycles. The van der Waals surface area contributed by atoms with Crippen molar-refractivity contribution in [3.63, 3.8) is 0 Å². The summed E-state index contributed by atoms with van der Waals surface area (Å²) in [6.45, 7) is 2.29. The van der Waals surface area contributed by atoms with Gasteiger partial charge in [0, 0.05) is 25.8 Å². The molecule has 21 heavy (non-hydrogen) atoms. The largest absolute Gasteiger partial charge is 0.351 e. The number of hydrazone groups is 1. The van der Waals surface area contributed by atoms with Crippen molar-refractivity contribution in [1.82, 2.24) is 30.6 Å². The predicted molar refractivity (Wildman–Crippen MR) is 74.9 cm³/mol. The van der Waals surface area contributed by atoms with E-state index in [1.54, 1.807) is 4.52 Å². The molecule has 9 nitrogen and oxygen atoms in total. The number of nitrogens with zero attached hydrogens (tertiary/aromatic N) is 5. The van der Waals surface area contributed by atoms with Crippen LogP contribution in [0.25, 0.3) is 4.96 Å². The van der Waals surface area contributed by atoms with Crippen molar-refractivity contribution in [2.24, 2.45) is 5.10 Å². The lowest BCUT2D eigenvalue weighted by Gasteiger charge is -2.11. The van der Waals surface area contributed by atoms with Crippen LogP contribution in [0.3, 0.4) is 0 Å². The Labute approximate surface area is 123 Å². The fourth-order valence-electron chi connectivity index (χ4n) is 1.88. The Morgan fingerprint density at radius 3 is 3.00 bits per heavy atom. The molecule has 2 aromatic rings. The van der Waals surface area contributed by atoms with E-state index in [1.165, 1.54) is 11.3 Å². The molecule has 0 saturated heterocycles. The molecule has 0 unspecified atom stereocenters. The lowest BCUT2D eigenvalue weighted by Crippen LogP contribution is -2.37. The Balaban J connectivity index is 1.53. The monoisotopic (exact) mass is 307 g/mol. The first-order chi connectivity index (χ1) is 10.1. The zero-order chi connectivity index (χ0) is 14.8. The van der Waals surface area contributed by atoms with Crippen LogP contribution in [-0.2, 0) is 16.0 Å². The summed E-state index contributed by atoms with van der Waals surface area (Å²) in [6.07, 6.45) is 1.27. The van der Waals surface area contributed by atoms with Crippen molar-refractivity contribution in [3.8, 4) is 0 Å². The molecule has 3 heterocycles. The maximum atomic E-state index is 11.8. The van der Waals surface area contributed by atoms with Gasteiger partial charge in [-0.05, 0) is 6.92 Å². The number of hydrogen-bond donors (Lipinski definition) is 2. The molecule has 2 aromatic heterocycles. The van der Waals surface area contributed by atoms with E-state index in [9.17, 15) is 9.59 Å². The summed E-state index contributed by atoms with van der Waals surface area (Å²) in [6, 6.07) is 0. The topological polar surface area (TPSA) is 114 Å². The van der Waals surface area contributed by atoms with Crippen molar-refractivity contribution >= 4 is 33.8 Å². The van der Waals surface area contributed by atoms with Gasteiger partial charge in [-0.15, -0.1) is 10.2 Å². The van der Waals surface area contributed by atoms with Gasteiger partial charge in [-0.2, -0.15) is 14.7 Å². The first kappa shape index (κ1) is 13.6. The van der Waals surface area contributed by atoms with E-state index in [0.29, 0.717) is 31.5 Å². The Morgan fingerprint density at radius 2 is 2.29 bits per heavy atom. The molecule has 3 rings (SSSR count). The average Bonchev–Trinajstić information content (AvgIpc) is 3.02. The second kappa shape index (κ2) is 5.56. The highest BCUT2D eigenvalue weighted by molar-refractivity contribution is 7.16. The van der Waals surface area contributed by atoms with Gasteiger partial charge in [0.15, 0.2) is 5.82 Å². The summed E-state index contributed by atoms with van der Waals surface area (Å²) in [7, 11) is 0. The molecular formula is C11H13N7O2S. The quantitative estimate of drug-likeness (QED) is 0.784. The second-order valence-electron chi connectivity index (χ2n) is 4.54. The molecule has 2 amide bonds. The van der Waals surface area contributed by atoms with Gasteiger partial charge in [0.2, 0.25) is 10.9 Å². The van der Waals surface area contributed by atoms with E-state index in [1.807, 2.05) is 6.92 Å². The lowest BCUT2D eigenvalue weighted by molar-refractivity contribution is -0.121. The average molecular weight is 307 g/mol. The number of fused-ring (bicyclic) bond motifs is 1. The number of aromatic nitrogens is 4. The van der Waals surface area contributed by atoms with Crippen LogP contribution in [0.15, 0.2) is 5.10 Å². The minimum atomic E-state index is -0.255. The van der Waals surface area contributed by atoms with Crippen LogP contribution in [0.1, 0.15) is 23.7 Å². The van der Waals surface area contributed by atoms with Gasteiger partial charge in [0.05, 0.1) is 0 Å².